The van der Waals surface area contributed by atoms with Gasteiger partial charge in [0.2, 0.25) is 9.84 Å². The van der Waals surface area contributed by atoms with Gasteiger partial charge in [0.1, 0.15) is 0 Å². The van der Waals surface area contributed by atoms with Crippen molar-refractivity contribution in [2.45, 2.75) is 21.6 Å². The Labute approximate surface area is 173 Å². The molecule has 0 amide bonds. The summed E-state index contributed by atoms with van der Waals surface area (Å²) in [6.07, 6.45) is 0. The lowest BCUT2D eigenvalue weighted by Gasteiger charge is -2.11. The van der Waals surface area contributed by atoms with Gasteiger partial charge in [-0.25, -0.2) is 16.8 Å². The Morgan fingerprint density at radius 1 is 0.714 bits per heavy atom. The van der Waals surface area contributed by atoms with Crippen LogP contribution in [-0.2, 0) is 19.9 Å². The molecule has 0 radical (unpaired) electrons. The summed E-state index contributed by atoms with van der Waals surface area (Å²) in [5, 5.41) is 0.312. The van der Waals surface area contributed by atoms with Crippen LogP contribution >= 0.6 is 23.2 Å². The van der Waals surface area contributed by atoms with Crippen LogP contribution in [0.1, 0.15) is 5.56 Å². The Kier molecular flexibility index (Phi) is 5.72. The van der Waals surface area contributed by atoms with Gasteiger partial charge in [-0.2, -0.15) is 0 Å². The topological polar surface area (TPSA) is 80.3 Å². The zero-order valence-corrected chi connectivity index (χ0v) is 17.7. The molecule has 0 saturated carbocycles. The summed E-state index contributed by atoms with van der Waals surface area (Å²) in [4.78, 5) is -0.421. The van der Waals surface area contributed by atoms with Crippen molar-refractivity contribution in [3.05, 3.63) is 82.3 Å². The molecule has 0 bridgehead atoms. The van der Waals surface area contributed by atoms with E-state index < -0.39 is 19.9 Å². The number of nitrogens with one attached hydrogen (secondary N) is 1. The molecule has 1 N–H and O–H groups in total. The molecule has 9 heteroatoms. The first-order valence-corrected chi connectivity index (χ1v) is 11.7. The Morgan fingerprint density at radius 3 is 1.96 bits per heavy atom. The number of hydrogen-bond donors (Lipinski definition) is 1. The summed E-state index contributed by atoms with van der Waals surface area (Å²) in [5.74, 6) is 0. The van der Waals surface area contributed by atoms with Gasteiger partial charge in [0, 0.05) is 5.69 Å². The van der Waals surface area contributed by atoms with E-state index in [2.05, 4.69) is 4.72 Å². The predicted octanol–water partition coefficient (Wildman–Crippen LogP) is 4.94. The fourth-order valence-corrected chi connectivity index (χ4v) is 5.30. The number of sulfonamides is 1. The first-order chi connectivity index (χ1) is 13.1. The van der Waals surface area contributed by atoms with Crippen molar-refractivity contribution < 1.29 is 16.8 Å². The normalized spacial score (nSPS) is 12.0. The Balaban J connectivity index is 1.99. The van der Waals surface area contributed by atoms with Gasteiger partial charge >= 0.3 is 0 Å². The number of anilines is 1. The average molecular weight is 456 g/mol. The van der Waals surface area contributed by atoms with E-state index in [0.29, 0.717) is 5.69 Å². The Hall–Kier alpha value is -2.06. The molecule has 0 heterocycles. The second kappa shape index (κ2) is 7.75. The maximum absolute atomic E-state index is 12.9. The predicted molar refractivity (Wildman–Crippen MR) is 110 cm³/mol. The molecule has 3 aromatic rings. The number of sulfone groups is 1. The lowest BCUT2D eigenvalue weighted by molar-refractivity contribution is 0.595. The van der Waals surface area contributed by atoms with E-state index >= 15 is 0 Å². The van der Waals surface area contributed by atoms with Crippen LogP contribution in [0.5, 0.6) is 0 Å². The van der Waals surface area contributed by atoms with Crippen molar-refractivity contribution in [3.8, 4) is 0 Å². The molecule has 0 aliphatic heterocycles. The number of aryl methyl sites for hydroxylation is 1. The molecular weight excluding hydrogens is 441 g/mol. The van der Waals surface area contributed by atoms with Crippen LogP contribution in [-0.4, -0.2) is 16.8 Å². The molecule has 0 aliphatic carbocycles. The highest BCUT2D eigenvalue weighted by molar-refractivity contribution is 7.93. The average Bonchev–Trinajstić information content (AvgIpc) is 2.65. The van der Waals surface area contributed by atoms with Crippen molar-refractivity contribution in [2.75, 3.05) is 4.72 Å². The highest BCUT2D eigenvalue weighted by atomic mass is 35.5. The van der Waals surface area contributed by atoms with Crippen LogP contribution in [0.25, 0.3) is 0 Å². The molecule has 3 rings (SSSR count). The summed E-state index contributed by atoms with van der Waals surface area (Å²) in [7, 11) is -7.94. The van der Waals surface area contributed by atoms with E-state index in [1.165, 1.54) is 36.4 Å². The van der Waals surface area contributed by atoms with Gasteiger partial charge in [0.05, 0.1) is 24.7 Å². The maximum atomic E-state index is 12.9. The summed E-state index contributed by atoms with van der Waals surface area (Å²) in [6.45, 7) is 1.88. The molecule has 28 heavy (non-hydrogen) atoms. The highest BCUT2D eigenvalue weighted by Gasteiger charge is 2.22. The van der Waals surface area contributed by atoms with Gasteiger partial charge in [-0.05, 0) is 55.5 Å². The fraction of sp³-hybridized carbons (Fsp3) is 0.0526. The van der Waals surface area contributed by atoms with Crippen molar-refractivity contribution in [2.24, 2.45) is 0 Å². The van der Waals surface area contributed by atoms with Crippen LogP contribution in [0.4, 0.5) is 5.69 Å². The summed E-state index contributed by atoms with van der Waals surface area (Å²) >= 11 is 11.7. The van der Waals surface area contributed by atoms with Crippen molar-refractivity contribution in [1.29, 1.82) is 0 Å². The van der Waals surface area contributed by atoms with Crippen molar-refractivity contribution in [1.82, 2.24) is 0 Å². The second-order valence-electron chi connectivity index (χ2n) is 6.03. The molecule has 146 valence electrons. The van der Waals surface area contributed by atoms with E-state index in [0.717, 1.165) is 11.6 Å². The van der Waals surface area contributed by atoms with Crippen LogP contribution in [0.15, 0.2) is 81.4 Å². The summed E-state index contributed by atoms with van der Waals surface area (Å²) < 4.78 is 53.5. The molecule has 0 spiro atoms. The van der Waals surface area contributed by atoms with E-state index in [1.807, 2.05) is 6.92 Å². The van der Waals surface area contributed by atoms with Crippen LogP contribution in [0.2, 0.25) is 10.0 Å². The first kappa shape index (κ1) is 20.7. The van der Waals surface area contributed by atoms with Gasteiger partial charge < -0.3 is 0 Å². The second-order valence-corrected chi connectivity index (χ2v) is 10.5. The quantitative estimate of drug-likeness (QED) is 0.590. The van der Waals surface area contributed by atoms with Crippen LogP contribution in [0.3, 0.4) is 0 Å². The smallest absolute Gasteiger partial charge is 0.261 e. The van der Waals surface area contributed by atoms with Crippen LogP contribution in [0, 0.1) is 6.92 Å². The van der Waals surface area contributed by atoms with E-state index in [4.69, 9.17) is 23.2 Å². The van der Waals surface area contributed by atoms with Crippen molar-refractivity contribution >= 4 is 48.7 Å². The lowest BCUT2D eigenvalue weighted by Crippen LogP contribution is -2.13. The molecule has 0 aliphatic rings. The Morgan fingerprint density at radius 2 is 1.32 bits per heavy atom. The van der Waals surface area contributed by atoms with Crippen LogP contribution < -0.4 is 4.72 Å². The minimum Gasteiger partial charge on any atom is -0.280 e. The first-order valence-electron chi connectivity index (χ1n) is 7.99. The zero-order chi connectivity index (χ0) is 20.5. The van der Waals surface area contributed by atoms with Gasteiger partial charge in [-0.3, -0.25) is 4.72 Å². The standard InChI is InChI=1S/C19H15Cl2NO4S2/c1-13-5-7-14(8-6-13)22-28(25,26)17-4-2-3-15(11-17)27(23,24)16-9-10-18(20)19(21)12-16/h2-12,22H,1H3. The van der Waals surface area contributed by atoms with Crippen molar-refractivity contribution in [3.63, 3.8) is 0 Å². The number of benzene rings is 3. The van der Waals surface area contributed by atoms with Gasteiger partial charge in [0.15, 0.2) is 0 Å². The summed E-state index contributed by atoms with van der Waals surface area (Å²) in [5.41, 5.74) is 1.36. The monoisotopic (exact) mass is 455 g/mol. The minimum atomic E-state index is -3.97. The molecule has 0 atom stereocenters. The minimum absolute atomic E-state index is 0.0806. The molecule has 0 aromatic heterocycles. The zero-order valence-electron chi connectivity index (χ0n) is 14.6. The van der Waals surface area contributed by atoms with Gasteiger partial charge in [0.25, 0.3) is 10.0 Å². The largest absolute Gasteiger partial charge is 0.280 e. The third kappa shape index (κ3) is 4.33. The number of halogens is 2. The Bertz CT molecular complexity index is 1240. The molecule has 0 saturated heterocycles. The maximum Gasteiger partial charge on any atom is 0.261 e. The molecule has 0 unspecified atom stereocenters. The fourth-order valence-electron chi connectivity index (χ4n) is 2.42. The third-order valence-electron chi connectivity index (χ3n) is 3.93. The summed E-state index contributed by atoms with van der Waals surface area (Å²) in [6, 6.07) is 15.8. The third-order valence-corrected chi connectivity index (χ3v) is 7.80. The number of hydrogen-bond acceptors (Lipinski definition) is 4. The highest BCUT2D eigenvalue weighted by Crippen LogP contribution is 2.29. The molecule has 3 aromatic carbocycles. The molecule has 0 fully saturated rings. The SMILES string of the molecule is Cc1ccc(NS(=O)(=O)c2cccc(S(=O)(=O)c3ccc(Cl)c(Cl)c3)c2)cc1. The lowest BCUT2D eigenvalue weighted by atomic mass is 10.2. The van der Waals surface area contributed by atoms with E-state index in [9.17, 15) is 16.8 Å². The van der Waals surface area contributed by atoms with E-state index in [-0.39, 0.29) is 24.7 Å². The molecular formula is C19H15Cl2NO4S2. The van der Waals surface area contributed by atoms with E-state index in [1.54, 1.807) is 24.3 Å². The molecule has 5 nitrogen and oxygen atoms in total. The number of rotatable bonds is 5. The van der Waals surface area contributed by atoms with Gasteiger partial charge in [-0.15, -0.1) is 0 Å². The van der Waals surface area contributed by atoms with Gasteiger partial charge in [-0.1, -0.05) is 47.0 Å².